The Morgan fingerprint density at radius 3 is 2.14 bits per heavy atom. The summed E-state index contributed by atoms with van der Waals surface area (Å²) < 4.78 is 11.2. The fourth-order valence-corrected chi connectivity index (χ4v) is 2.38. The number of hydrogen-bond donors (Lipinski definition) is 0. The summed E-state index contributed by atoms with van der Waals surface area (Å²) in [5.41, 5.74) is 1.13. The van der Waals surface area contributed by atoms with Gasteiger partial charge in [-0.15, -0.1) is 5.38 Å². The molecule has 2 nitrogen and oxygen atoms in total. The van der Waals surface area contributed by atoms with Crippen LogP contribution < -0.4 is 12.4 Å². The second kappa shape index (κ2) is 8.32. The van der Waals surface area contributed by atoms with Crippen LogP contribution in [0.25, 0.3) is 0 Å². The van der Waals surface area contributed by atoms with Gasteiger partial charge in [0, 0.05) is 14.2 Å². The van der Waals surface area contributed by atoms with Crippen molar-refractivity contribution in [3.05, 3.63) is 20.3 Å². The number of hydrogen-bond acceptors (Lipinski definition) is 3. The van der Waals surface area contributed by atoms with Crippen molar-refractivity contribution in [1.82, 2.24) is 0 Å². The van der Waals surface area contributed by atoms with E-state index >= 15 is 0 Å². The van der Waals surface area contributed by atoms with Gasteiger partial charge in [-0.05, 0) is 0 Å². The van der Waals surface area contributed by atoms with E-state index in [2.05, 4.69) is 21.3 Å². The second-order valence-electron chi connectivity index (χ2n) is 2.31. The van der Waals surface area contributed by atoms with Crippen molar-refractivity contribution >= 4 is 50.3 Å². The van der Waals surface area contributed by atoms with Gasteiger partial charge in [-0.1, -0.05) is 32.2 Å². The van der Waals surface area contributed by atoms with Gasteiger partial charge in [0.05, 0.1) is 0 Å². The van der Waals surface area contributed by atoms with Gasteiger partial charge in [-0.25, -0.2) is 0 Å². The fourth-order valence-electron chi connectivity index (χ4n) is 0.896. The minimum atomic E-state index is -0.266. The van der Waals surface area contributed by atoms with Crippen molar-refractivity contribution in [1.29, 1.82) is 0 Å². The predicted octanol–water partition coefficient (Wildman–Crippen LogP) is -0.466. The van der Waals surface area contributed by atoms with E-state index in [-0.39, 0.29) is 41.7 Å². The molecule has 0 atom stereocenters. The smallest absolute Gasteiger partial charge is 1.00 e. The molecule has 0 N–H and O–H groups in total. The Kier molecular flexibility index (Phi) is 10.4. The van der Waals surface area contributed by atoms with Gasteiger partial charge in [-0.2, -0.15) is 5.56 Å². The summed E-state index contributed by atoms with van der Waals surface area (Å²) in [6.07, 6.45) is -0.266. The predicted molar refractivity (Wildman–Crippen MR) is 58.1 cm³/mol. The molecule has 0 aliphatic heterocycles. The summed E-state index contributed by atoms with van der Waals surface area (Å²) in [5.74, 6) is 0. The van der Waals surface area contributed by atoms with Gasteiger partial charge in [0.1, 0.15) is 6.29 Å². The third-order valence-electron chi connectivity index (χ3n) is 1.59. The Labute approximate surface area is 119 Å². The molecule has 76 valence electrons. The molecule has 0 bridgehead atoms. The Bertz CT molecular complexity index is 266. The number of methoxy groups -OCH3 is 2. The van der Waals surface area contributed by atoms with Crippen molar-refractivity contribution in [3.8, 4) is 0 Å². The molecule has 0 amide bonds. The second-order valence-corrected chi connectivity index (χ2v) is 3.95. The largest absolute Gasteiger partial charge is 2.00 e. The average molecular weight is 310 g/mol. The van der Waals surface area contributed by atoms with Crippen LogP contribution in [-0.2, 0) is 9.47 Å². The Balaban J connectivity index is 0. The molecule has 0 spiro atoms. The van der Waals surface area contributed by atoms with E-state index in [4.69, 9.17) is 9.47 Å². The van der Waals surface area contributed by atoms with E-state index in [1.54, 1.807) is 14.2 Å². The topological polar surface area (TPSA) is 18.5 Å². The first-order valence-corrected chi connectivity index (χ1v) is 5.03. The van der Waals surface area contributed by atoms with Crippen LogP contribution in [0.4, 0.5) is 0 Å². The van der Waals surface area contributed by atoms with Crippen molar-refractivity contribution in [2.45, 2.75) is 13.2 Å². The molecule has 0 saturated carbocycles. The van der Waals surface area contributed by atoms with Gasteiger partial charge in [-0.3, -0.25) is 11.3 Å². The van der Waals surface area contributed by atoms with Crippen molar-refractivity contribution in [3.63, 3.8) is 0 Å². The van der Waals surface area contributed by atoms with Crippen LogP contribution in [-0.4, -0.2) is 37.3 Å². The molecule has 0 aliphatic rings. The Morgan fingerprint density at radius 2 is 1.86 bits per heavy atom. The monoisotopic (exact) mass is 308 g/mol. The SMILES string of the molecule is COC(OC)c1s[c-]c(Br)c1C.[Cl-].[Mg+2]. The molecule has 1 heterocycles. The zero-order valence-electron chi connectivity index (χ0n) is 8.27. The molecule has 1 rings (SSSR count). The third-order valence-corrected chi connectivity index (χ3v) is 3.67. The number of thiophene rings is 1. The summed E-state index contributed by atoms with van der Waals surface area (Å²) in [6.45, 7) is 2.01. The molecule has 0 unspecified atom stereocenters. The maximum absolute atomic E-state index is 5.13. The number of halogens is 2. The molecule has 0 saturated heterocycles. The first kappa shape index (κ1) is 17.5. The molecular weight excluding hydrogens is 300 g/mol. The number of rotatable bonds is 3. The molecule has 0 fully saturated rings. The molecule has 1 aromatic heterocycles. The number of ether oxygens (including phenoxy) is 2. The summed E-state index contributed by atoms with van der Waals surface area (Å²) in [6, 6.07) is 0. The van der Waals surface area contributed by atoms with E-state index in [9.17, 15) is 0 Å². The van der Waals surface area contributed by atoms with E-state index in [0.717, 1.165) is 14.9 Å². The van der Waals surface area contributed by atoms with Crippen LogP contribution in [0.1, 0.15) is 16.7 Å². The van der Waals surface area contributed by atoms with Crippen molar-refractivity contribution in [2.24, 2.45) is 0 Å². The molecule has 0 radical (unpaired) electrons. The quantitative estimate of drug-likeness (QED) is 0.427. The first-order chi connectivity index (χ1) is 5.70. The van der Waals surface area contributed by atoms with Crippen molar-refractivity contribution in [2.75, 3.05) is 14.2 Å². The summed E-state index contributed by atoms with van der Waals surface area (Å²) in [7, 11) is 3.25. The minimum Gasteiger partial charge on any atom is -1.00 e. The molecule has 1 aromatic rings. The zero-order valence-corrected chi connectivity index (χ0v) is 12.8. The van der Waals surface area contributed by atoms with Crippen LogP contribution in [0, 0.1) is 12.3 Å². The third kappa shape index (κ3) is 3.96. The van der Waals surface area contributed by atoms with Gasteiger partial charge < -0.3 is 21.9 Å². The van der Waals surface area contributed by atoms with Gasteiger partial charge in [0.25, 0.3) is 0 Å². The molecule has 0 aromatic carbocycles. The van der Waals surface area contributed by atoms with Gasteiger partial charge >= 0.3 is 23.1 Å². The van der Waals surface area contributed by atoms with Gasteiger partial charge in [0.2, 0.25) is 0 Å². The summed E-state index contributed by atoms with van der Waals surface area (Å²) in [5, 5.41) is 3.08. The molecular formula is C8H10BrClMgO2S. The van der Waals surface area contributed by atoms with Crippen LogP contribution in [0.2, 0.25) is 0 Å². The normalized spacial score (nSPS) is 9.50. The van der Waals surface area contributed by atoms with Crippen LogP contribution in [0.15, 0.2) is 4.47 Å². The van der Waals surface area contributed by atoms with E-state index in [0.29, 0.717) is 0 Å². The average Bonchev–Trinajstić information content (AvgIpc) is 2.38. The first-order valence-electron chi connectivity index (χ1n) is 3.42. The van der Waals surface area contributed by atoms with E-state index in [1.807, 2.05) is 6.92 Å². The standard InChI is InChI=1S/C8H10BrO2S.ClH.Mg/c1-5-6(9)4-12-7(5)8(10-2)11-3;;/h8H,1-3H3;1H;/q-1;;+2/p-1. The zero-order chi connectivity index (χ0) is 9.14. The van der Waals surface area contributed by atoms with E-state index < -0.39 is 0 Å². The van der Waals surface area contributed by atoms with Gasteiger partial charge in [0.15, 0.2) is 0 Å². The summed E-state index contributed by atoms with van der Waals surface area (Å²) >= 11 is 4.90. The van der Waals surface area contributed by atoms with Crippen LogP contribution in [0.3, 0.4) is 0 Å². The fraction of sp³-hybridized carbons (Fsp3) is 0.500. The summed E-state index contributed by atoms with van der Waals surface area (Å²) in [4.78, 5) is 1.06. The Morgan fingerprint density at radius 1 is 1.36 bits per heavy atom. The van der Waals surface area contributed by atoms with Crippen LogP contribution >= 0.6 is 27.3 Å². The van der Waals surface area contributed by atoms with Crippen LogP contribution in [0.5, 0.6) is 0 Å². The van der Waals surface area contributed by atoms with E-state index in [1.165, 1.54) is 11.3 Å². The van der Waals surface area contributed by atoms with Crippen molar-refractivity contribution < 1.29 is 21.9 Å². The Hall–Kier alpha value is 1.16. The maximum atomic E-state index is 5.13. The molecule has 14 heavy (non-hydrogen) atoms. The minimum absolute atomic E-state index is 0. The maximum Gasteiger partial charge on any atom is 2.00 e. The molecule has 0 aliphatic carbocycles. The molecule has 6 heteroatoms.